The topological polar surface area (TPSA) is 55.2 Å². The number of nitrogens with zero attached hydrogens (tertiary/aromatic N) is 2. The smallest absolute Gasteiger partial charge is 0.160 e. The molecule has 3 rings (SSSR count). The fourth-order valence-corrected chi connectivity index (χ4v) is 2.41. The Balaban J connectivity index is 2.05. The Morgan fingerprint density at radius 3 is 2.48 bits per heavy atom. The zero-order valence-corrected chi connectivity index (χ0v) is 13.2. The standard InChI is InChI=1S/C19H18N2O2/c1-3-23-15-9-10-16(18(22)12-15)17-11-13(2)20-19(21-17)14-7-5-4-6-8-14/h4-12,22H,3H2,1-2H3. The number of phenols is 1. The van der Waals surface area contributed by atoms with E-state index in [2.05, 4.69) is 9.97 Å². The molecule has 0 aliphatic rings. The first-order valence-electron chi connectivity index (χ1n) is 7.54. The Morgan fingerprint density at radius 1 is 1.00 bits per heavy atom. The fraction of sp³-hybridized carbons (Fsp3) is 0.158. The van der Waals surface area contributed by atoms with Crippen molar-refractivity contribution in [2.45, 2.75) is 13.8 Å². The maximum atomic E-state index is 10.3. The molecule has 0 fully saturated rings. The molecule has 0 saturated carbocycles. The molecule has 116 valence electrons. The van der Waals surface area contributed by atoms with Crippen molar-refractivity contribution in [3.8, 4) is 34.1 Å². The van der Waals surface area contributed by atoms with Crippen molar-refractivity contribution in [3.05, 3.63) is 60.3 Å². The molecule has 1 aromatic heterocycles. The molecule has 1 heterocycles. The average Bonchev–Trinajstić information content (AvgIpc) is 2.55. The van der Waals surface area contributed by atoms with E-state index in [-0.39, 0.29) is 5.75 Å². The molecule has 2 aromatic carbocycles. The highest BCUT2D eigenvalue weighted by atomic mass is 16.5. The van der Waals surface area contributed by atoms with Crippen molar-refractivity contribution in [2.24, 2.45) is 0 Å². The van der Waals surface area contributed by atoms with Crippen LogP contribution in [0, 0.1) is 6.92 Å². The van der Waals surface area contributed by atoms with E-state index < -0.39 is 0 Å². The number of benzene rings is 2. The Labute approximate surface area is 135 Å². The predicted molar refractivity (Wildman–Crippen MR) is 90.5 cm³/mol. The third kappa shape index (κ3) is 3.31. The Kier molecular flexibility index (Phi) is 4.24. The quantitative estimate of drug-likeness (QED) is 0.784. The van der Waals surface area contributed by atoms with E-state index in [1.807, 2.05) is 62.4 Å². The predicted octanol–water partition coefficient (Wildman–Crippen LogP) is 4.22. The SMILES string of the molecule is CCOc1ccc(-c2cc(C)nc(-c3ccccc3)n2)c(O)c1. The lowest BCUT2D eigenvalue weighted by Crippen LogP contribution is -1.96. The minimum Gasteiger partial charge on any atom is -0.507 e. The van der Waals surface area contributed by atoms with Crippen molar-refractivity contribution >= 4 is 0 Å². The molecule has 3 aromatic rings. The van der Waals surface area contributed by atoms with E-state index in [1.165, 1.54) is 0 Å². The molecule has 1 N–H and O–H groups in total. The van der Waals surface area contributed by atoms with Crippen LogP contribution in [0.4, 0.5) is 0 Å². The van der Waals surface area contributed by atoms with Gasteiger partial charge in [0, 0.05) is 22.9 Å². The summed E-state index contributed by atoms with van der Waals surface area (Å²) in [5.41, 5.74) is 3.15. The molecule has 0 aliphatic heterocycles. The number of phenolic OH excluding ortho intramolecular Hbond substituents is 1. The van der Waals surface area contributed by atoms with Crippen molar-refractivity contribution in [2.75, 3.05) is 6.61 Å². The van der Waals surface area contributed by atoms with Gasteiger partial charge in [-0.2, -0.15) is 0 Å². The van der Waals surface area contributed by atoms with E-state index in [4.69, 9.17) is 4.74 Å². The summed E-state index contributed by atoms with van der Waals surface area (Å²) in [5.74, 6) is 1.43. The number of hydrogen-bond acceptors (Lipinski definition) is 4. The zero-order chi connectivity index (χ0) is 16.2. The third-order valence-electron chi connectivity index (χ3n) is 3.44. The number of hydrogen-bond donors (Lipinski definition) is 1. The van der Waals surface area contributed by atoms with Crippen molar-refractivity contribution < 1.29 is 9.84 Å². The van der Waals surface area contributed by atoms with Crippen LogP contribution < -0.4 is 4.74 Å². The van der Waals surface area contributed by atoms with Crippen LogP contribution in [0.5, 0.6) is 11.5 Å². The second-order valence-electron chi connectivity index (χ2n) is 5.20. The van der Waals surface area contributed by atoms with E-state index in [1.54, 1.807) is 6.07 Å². The number of aryl methyl sites for hydroxylation is 1. The molecule has 0 unspecified atom stereocenters. The monoisotopic (exact) mass is 306 g/mol. The first-order chi connectivity index (χ1) is 11.2. The van der Waals surface area contributed by atoms with E-state index in [0.717, 1.165) is 11.3 Å². The average molecular weight is 306 g/mol. The third-order valence-corrected chi connectivity index (χ3v) is 3.44. The molecule has 0 radical (unpaired) electrons. The van der Waals surface area contributed by atoms with Crippen LogP contribution >= 0.6 is 0 Å². The summed E-state index contributed by atoms with van der Waals surface area (Å²) in [6.45, 7) is 4.39. The second kappa shape index (κ2) is 6.48. The minimum atomic E-state index is 0.146. The van der Waals surface area contributed by atoms with Crippen LogP contribution in [-0.4, -0.2) is 21.7 Å². The molecule has 23 heavy (non-hydrogen) atoms. The van der Waals surface area contributed by atoms with Gasteiger partial charge in [0.15, 0.2) is 5.82 Å². The molecule has 4 nitrogen and oxygen atoms in total. The van der Waals surface area contributed by atoms with E-state index in [0.29, 0.717) is 29.4 Å². The van der Waals surface area contributed by atoms with Gasteiger partial charge in [-0.25, -0.2) is 9.97 Å². The molecule has 4 heteroatoms. The zero-order valence-electron chi connectivity index (χ0n) is 13.2. The summed E-state index contributed by atoms with van der Waals surface area (Å²) in [5, 5.41) is 10.3. The molecule has 0 spiro atoms. The minimum absolute atomic E-state index is 0.146. The Hall–Kier alpha value is -2.88. The summed E-state index contributed by atoms with van der Waals surface area (Å²) in [6, 6.07) is 16.9. The summed E-state index contributed by atoms with van der Waals surface area (Å²) in [4.78, 5) is 9.09. The van der Waals surface area contributed by atoms with Crippen LogP contribution in [0.15, 0.2) is 54.6 Å². The largest absolute Gasteiger partial charge is 0.507 e. The second-order valence-corrected chi connectivity index (χ2v) is 5.20. The number of aromatic hydroxyl groups is 1. The summed E-state index contributed by atoms with van der Waals surface area (Å²) >= 11 is 0. The van der Waals surface area contributed by atoms with Crippen LogP contribution in [0.2, 0.25) is 0 Å². The normalized spacial score (nSPS) is 10.5. The number of rotatable bonds is 4. The molecule has 0 amide bonds. The van der Waals surface area contributed by atoms with Crippen LogP contribution in [0.1, 0.15) is 12.6 Å². The van der Waals surface area contributed by atoms with Crippen molar-refractivity contribution in [1.29, 1.82) is 0 Å². The maximum absolute atomic E-state index is 10.3. The highest BCUT2D eigenvalue weighted by molar-refractivity contribution is 5.70. The van der Waals surface area contributed by atoms with Gasteiger partial charge in [-0.1, -0.05) is 30.3 Å². The van der Waals surface area contributed by atoms with Gasteiger partial charge in [0.1, 0.15) is 11.5 Å². The lowest BCUT2D eigenvalue weighted by molar-refractivity contribution is 0.338. The first kappa shape index (κ1) is 15.0. The van der Waals surface area contributed by atoms with Gasteiger partial charge >= 0.3 is 0 Å². The van der Waals surface area contributed by atoms with Crippen molar-refractivity contribution in [1.82, 2.24) is 9.97 Å². The Morgan fingerprint density at radius 2 is 1.78 bits per heavy atom. The highest BCUT2D eigenvalue weighted by Crippen LogP contribution is 2.32. The van der Waals surface area contributed by atoms with Gasteiger partial charge < -0.3 is 9.84 Å². The molecule has 0 bridgehead atoms. The van der Waals surface area contributed by atoms with Crippen LogP contribution in [0.25, 0.3) is 22.6 Å². The first-order valence-corrected chi connectivity index (χ1v) is 7.54. The molecular formula is C19H18N2O2. The maximum Gasteiger partial charge on any atom is 0.160 e. The van der Waals surface area contributed by atoms with Gasteiger partial charge in [0.2, 0.25) is 0 Å². The lowest BCUT2D eigenvalue weighted by Gasteiger charge is -2.10. The molecule has 0 atom stereocenters. The van der Waals surface area contributed by atoms with Crippen LogP contribution in [0.3, 0.4) is 0 Å². The van der Waals surface area contributed by atoms with Gasteiger partial charge in [-0.3, -0.25) is 0 Å². The van der Waals surface area contributed by atoms with Crippen molar-refractivity contribution in [3.63, 3.8) is 0 Å². The van der Waals surface area contributed by atoms with E-state index in [9.17, 15) is 5.11 Å². The van der Waals surface area contributed by atoms with Gasteiger partial charge in [-0.15, -0.1) is 0 Å². The summed E-state index contributed by atoms with van der Waals surface area (Å²) in [7, 11) is 0. The van der Waals surface area contributed by atoms with Crippen LogP contribution in [-0.2, 0) is 0 Å². The van der Waals surface area contributed by atoms with E-state index >= 15 is 0 Å². The fourth-order valence-electron chi connectivity index (χ4n) is 2.41. The highest BCUT2D eigenvalue weighted by Gasteiger charge is 2.11. The van der Waals surface area contributed by atoms with Gasteiger partial charge in [0.25, 0.3) is 0 Å². The molecule has 0 aliphatic carbocycles. The Bertz CT molecular complexity index is 817. The van der Waals surface area contributed by atoms with Gasteiger partial charge in [-0.05, 0) is 32.0 Å². The lowest BCUT2D eigenvalue weighted by atomic mass is 10.1. The summed E-state index contributed by atoms with van der Waals surface area (Å²) in [6.07, 6.45) is 0. The summed E-state index contributed by atoms with van der Waals surface area (Å²) < 4.78 is 5.40. The van der Waals surface area contributed by atoms with Gasteiger partial charge in [0.05, 0.1) is 12.3 Å². The molecule has 0 saturated heterocycles. The number of ether oxygens (including phenoxy) is 1. The molecular weight excluding hydrogens is 288 g/mol. The number of aromatic nitrogens is 2.